The minimum absolute atomic E-state index is 0.0227. The Labute approximate surface area is 147 Å². The van der Waals surface area contributed by atoms with E-state index < -0.39 is 0 Å². The van der Waals surface area contributed by atoms with Gasteiger partial charge in [-0.15, -0.1) is 5.10 Å². The Morgan fingerprint density at radius 3 is 2.92 bits per heavy atom. The lowest BCUT2D eigenvalue weighted by Gasteiger charge is -2.26. The molecule has 2 bridgehead atoms. The van der Waals surface area contributed by atoms with Crippen LogP contribution < -0.4 is 5.32 Å². The molecule has 6 nitrogen and oxygen atoms in total. The number of allylic oxidation sites excluding steroid dienone is 1. The number of rotatable bonds is 4. The van der Waals surface area contributed by atoms with E-state index in [9.17, 15) is 4.79 Å². The Hall–Kier alpha value is -2.47. The van der Waals surface area contributed by atoms with Crippen LogP contribution in [0.4, 0.5) is 0 Å². The van der Waals surface area contributed by atoms with Gasteiger partial charge >= 0.3 is 0 Å². The average Bonchev–Trinajstić information content (AvgIpc) is 3.19. The van der Waals surface area contributed by atoms with E-state index in [0.29, 0.717) is 24.3 Å². The first-order chi connectivity index (χ1) is 12.3. The quantitative estimate of drug-likeness (QED) is 0.926. The highest BCUT2D eigenvalue weighted by Crippen LogP contribution is 2.29. The summed E-state index contributed by atoms with van der Waals surface area (Å²) in [4.78, 5) is 14.9. The molecular weight excluding hydrogens is 314 g/mol. The van der Waals surface area contributed by atoms with Gasteiger partial charge in [-0.2, -0.15) is 0 Å². The number of fused-ring (bicyclic) bond motifs is 2. The molecule has 2 atom stereocenters. The maximum atomic E-state index is 12.9. The molecule has 1 aromatic carbocycles. The number of nitrogens with zero attached hydrogens (tertiary/aromatic N) is 4. The third kappa shape index (κ3) is 3.49. The standard InChI is InChI=1S/C19H23N5O/c25-19(24-16-8-9-17(24)13-20-11-10-16)18-14-23(22-21-18)12-4-7-15-5-2-1-3-6-15/h1-7,14,16-17,20H,8-13H2/b7-4+/t16-,17+/m1/s1. The molecule has 0 spiro atoms. The molecule has 2 aliphatic rings. The van der Waals surface area contributed by atoms with E-state index in [4.69, 9.17) is 0 Å². The summed E-state index contributed by atoms with van der Waals surface area (Å²) in [6, 6.07) is 10.8. The van der Waals surface area contributed by atoms with E-state index in [2.05, 4.69) is 27.8 Å². The average molecular weight is 337 g/mol. The minimum Gasteiger partial charge on any atom is -0.330 e. The SMILES string of the molecule is O=C(c1cn(C/C=C/c2ccccc2)nn1)N1[C@H]2CCNC[C@@H]1CC2. The van der Waals surface area contributed by atoms with Crippen LogP contribution in [-0.4, -0.2) is 51.0 Å². The van der Waals surface area contributed by atoms with E-state index in [1.165, 1.54) is 0 Å². The second kappa shape index (κ2) is 7.19. The molecule has 1 aromatic heterocycles. The van der Waals surface area contributed by atoms with Crippen LogP contribution in [-0.2, 0) is 6.54 Å². The van der Waals surface area contributed by atoms with Gasteiger partial charge in [-0.05, 0) is 31.4 Å². The molecule has 4 rings (SSSR count). The summed E-state index contributed by atoms with van der Waals surface area (Å²) in [6.45, 7) is 2.47. The van der Waals surface area contributed by atoms with Crippen LogP contribution in [0.3, 0.4) is 0 Å². The lowest BCUT2D eigenvalue weighted by molar-refractivity contribution is 0.0674. The van der Waals surface area contributed by atoms with Crippen molar-refractivity contribution >= 4 is 12.0 Å². The zero-order chi connectivity index (χ0) is 17.1. The van der Waals surface area contributed by atoms with Crippen LogP contribution >= 0.6 is 0 Å². The maximum absolute atomic E-state index is 12.9. The van der Waals surface area contributed by atoms with Gasteiger partial charge in [0.15, 0.2) is 5.69 Å². The third-order valence-corrected chi connectivity index (χ3v) is 5.05. The van der Waals surface area contributed by atoms with Crippen molar-refractivity contribution in [3.63, 3.8) is 0 Å². The molecule has 1 amide bonds. The highest BCUT2D eigenvalue weighted by Gasteiger charge is 2.39. The molecule has 0 unspecified atom stereocenters. The summed E-state index contributed by atoms with van der Waals surface area (Å²) in [5, 5.41) is 11.6. The van der Waals surface area contributed by atoms with Crippen molar-refractivity contribution in [2.75, 3.05) is 13.1 Å². The fourth-order valence-corrected chi connectivity index (χ4v) is 3.79. The van der Waals surface area contributed by atoms with Crippen LogP contribution in [0.25, 0.3) is 6.08 Å². The number of hydrogen-bond acceptors (Lipinski definition) is 4. The van der Waals surface area contributed by atoms with Crippen LogP contribution in [0.5, 0.6) is 0 Å². The van der Waals surface area contributed by atoms with Crippen molar-refractivity contribution in [1.29, 1.82) is 0 Å². The van der Waals surface area contributed by atoms with Crippen LogP contribution in [0.2, 0.25) is 0 Å². The number of benzene rings is 1. The number of hydrogen-bond donors (Lipinski definition) is 1. The maximum Gasteiger partial charge on any atom is 0.276 e. The molecule has 0 radical (unpaired) electrons. The Morgan fingerprint density at radius 1 is 1.20 bits per heavy atom. The first-order valence-electron chi connectivity index (χ1n) is 8.96. The van der Waals surface area contributed by atoms with Crippen molar-refractivity contribution in [3.05, 3.63) is 53.9 Å². The van der Waals surface area contributed by atoms with E-state index in [1.54, 1.807) is 10.9 Å². The molecule has 130 valence electrons. The summed E-state index contributed by atoms with van der Waals surface area (Å²) >= 11 is 0. The van der Waals surface area contributed by atoms with Gasteiger partial charge in [0, 0.05) is 18.6 Å². The van der Waals surface area contributed by atoms with E-state index in [0.717, 1.165) is 37.9 Å². The fourth-order valence-electron chi connectivity index (χ4n) is 3.79. The first kappa shape index (κ1) is 16.0. The smallest absolute Gasteiger partial charge is 0.276 e. The van der Waals surface area contributed by atoms with Crippen LogP contribution in [0, 0.1) is 0 Å². The second-order valence-electron chi connectivity index (χ2n) is 6.73. The molecule has 2 fully saturated rings. The minimum atomic E-state index is 0.0227. The number of amides is 1. The predicted octanol–water partition coefficient (Wildman–Crippen LogP) is 1.96. The van der Waals surface area contributed by atoms with Crippen LogP contribution in [0.15, 0.2) is 42.6 Å². The van der Waals surface area contributed by atoms with Crippen molar-refractivity contribution in [3.8, 4) is 0 Å². The molecule has 0 saturated carbocycles. The molecule has 2 saturated heterocycles. The monoisotopic (exact) mass is 337 g/mol. The number of carbonyl (C=O) groups is 1. The van der Waals surface area contributed by atoms with Gasteiger partial charge in [0.2, 0.25) is 0 Å². The summed E-state index contributed by atoms with van der Waals surface area (Å²) in [6.07, 6.45) is 9.04. The molecule has 2 aliphatic heterocycles. The van der Waals surface area contributed by atoms with E-state index in [-0.39, 0.29) is 5.91 Å². The van der Waals surface area contributed by atoms with E-state index >= 15 is 0 Å². The topological polar surface area (TPSA) is 63.1 Å². The van der Waals surface area contributed by atoms with Gasteiger partial charge in [-0.3, -0.25) is 4.79 Å². The van der Waals surface area contributed by atoms with Crippen molar-refractivity contribution in [1.82, 2.24) is 25.2 Å². The van der Waals surface area contributed by atoms with Gasteiger partial charge in [-0.1, -0.05) is 47.7 Å². The van der Waals surface area contributed by atoms with E-state index in [1.807, 2.05) is 35.3 Å². The van der Waals surface area contributed by atoms with Gasteiger partial charge in [0.1, 0.15) is 0 Å². The number of nitrogens with one attached hydrogen (secondary N) is 1. The molecule has 0 aliphatic carbocycles. The number of carbonyl (C=O) groups excluding carboxylic acids is 1. The lowest BCUT2D eigenvalue weighted by atomic mass is 10.1. The van der Waals surface area contributed by atoms with Gasteiger partial charge in [0.05, 0.1) is 12.7 Å². The molecule has 25 heavy (non-hydrogen) atoms. The highest BCUT2D eigenvalue weighted by atomic mass is 16.2. The third-order valence-electron chi connectivity index (χ3n) is 5.05. The lowest BCUT2D eigenvalue weighted by Crippen LogP contribution is -2.42. The molecule has 2 aromatic rings. The molecule has 6 heteroatoms. The first-order valence-corrected chi connectivity index (χ1v) is 8.96. The Bertz CT molecular complexity index is 740. The Morgan fingerprint density at radius 2 is 2.04 bits per heavy atom. The zero-order valence-corrected chi connectivity index (χ0v) is 14.2. The van der Waals surface area contributed by atoms with Crippen molar-refractivity contribution in [2.45, 2.75) is 37.9 Å². The summed E-state index contributed by atoms with van der Waals surface area (Å²) < 4.78 is 1.71. The Balaban J connectivity index is 1.42. The number of aromatic nitrogens is 3. The molecule has 1 N–H and O–H groups in total. The van der Waals surface area contributed by atoms with Gasteiger partial charge < -0.3 is 10.2 Å². The summed E-state index contributed by atoms with van der Waals surface area (Å²) in [5.74, 6) is 0.0227. The predicted molar refractivity (Wildman–Crippen MR) is 96.0 cm³/mol. The van der Waals surface area contributed by atoms with Crippen molar-refractivity contribution in [2.24, 2.45) is 0 Å². The van der Waals surface area contributed by atoms with Crippen LogP contribution in [0.1, 0.15) is 35.3 Å². The van der Waals surface area contributed by atoms with Gasteiger partial charge in [-0.25, -0.2) is 4.68 Å². The summed E-state index contributed by atoms with van der Waals surface area (Å²) in [5.41, 5.74) is 1.60. The normalized spacial score (nSPS) is 23.1. The Kier molecular flexibility index (Phi) is 4.61. The zero-order valence-electron chi connectivity index (χ0n) is 14.2. The fraction of sp³-hybridized carbons (Fsp3) is 0.421. The molecular formula is C19H23N5O. The molecule has 3 heterocycles. The highest BCUT2D eigenvalue weighted by molar-refractivity contribution is 5.92. The largest absolute Gasteiger partial charge is 0.330 e. The second-order valence-corrected chi connectivity index (χ2v) is 6.73. The summed E-state index contributed by atoms with van der Waals surface area (Å²) in [7, 11) is 0. The van der Waals surface area contributed by atoms with Crippen molar-refractivity contribution < 1.29 is 4.79 Å². The van der Waals surface area contributed by atoms with Gasteiger partial charge in [0.25, 0.3) is 5.91 Å².